The van der Waals surface area contributed by atoms with E-state index in [1.807, 2.05) is 0 Å². The van der Waals surface area contributed by atoms with Crippen LogP contribution in [0.4, 0.5) is 0 Å². The quantitative estimate of drug-likeness (QED) is 0.171. The highest BCUT2D eigenvalue weighted by Gasteiger charge is 2.10. The van der Waals surface area contributed by atoms with Crippen LogP contribution in [0.3, 0.4) is 0 Å². The van der Waals surface area contributed by atoms with Crippen LogP contribution in [0.1, 0.15) is 0 Å². The topological polar surface area (TPSA) is 0 Å². The second kappa shape index (κ2) is 9.03. The third kappa shape index (κ3) is 3.70. The maximum atomic E-state index is 2.35. The van der Waals surface area contributed by atoms with Crippen LogP contribution in [0.2, 0.25) is 0 Å². The first-order valence-corrected chi connectivity index (χ1v) is 14.6. The van der Waals surface area contributed by atoms with E-state index in [9.17, 15) is 0 Å². The molecule has 11 rings (SSSR count). The Morgan fingerprint density at radius 1 is 0.190 bits per heavy atom. The Hall–Kier alpha value is -5.46. The summed E-state index contributed by atoms with van der Waals surface area (Å²) < 4.78 is 0. The Morgan fingerprint density at radius 2 is 0.476 bits per heavy atom. The average molecular weight is 531 g/mol. The molecule has 42 heavy (non-hydrogen) atoms. The van der Waals surface area contributed by atoms with Gasteiger partial charge in [-0.3, -0.25) is 0 Å². The molecule has 0 amide bonds. The summed E-state index contributed by atoms with van der Waals surface area (Å²) >= 11 is 0. The van der Waals surface area contributed by atoms with Crippen LogP contribution < -0.4 is 0 Å². The molecular weight excluding hydrogens is 504 g/mol. The van der Waals surface area contributed by atoms with E-state index in [0.717, 1.165) is 0 Å². The van der Waals surface area contributed by atoms with E-state index >= 15 is 0 Å². The number of hydrogen-bond donors (Lipinski definition) is 0. The van der Waals surface area contributed by atoms with Gasteiger partial charge >= 0.3 is 0 Å². The minimum Gasteiger partial charge on any atom is -0.0544 e. The predicted octanol–water partition coefficient (Wildman–Crippen LogP) is 12.0. The lowest BCUT2D eigenvalue weighted by Gasteiger charge is -2.12. The number of hydrogen-bond acceptors (Lipinski definition) is 0. The summed E-state index contributed by atoms with van der Waals surface area (Å²) in [5.41, 5.74) is 0. The lowest BCUT2D eigenvalue weighted by molar-refractivity contribution is 1.78. The van der Waals surface area contributed by atoms with Gasteiger partial charge in [-0.05, 0) is 98.3 Å². The number of benzene rings is 8. The number of rotatable bonds is 0. The molecule has 0 heterocycles. The molecule has 0 radical (unpaired) electrons. The lowest BCUT2D eigenvalue weighted by atomic mass is 9.91. The van der Waals surface area contributed by atoms with E-state index in [-0.39, 0.29) is 0 Å². The lowest BCUT2D eigenvalue weighted by Crippen LogP contribution is -1.85. The van der Waals surface area contributed by atoms with E-state index in [1.165, 1.54) is 86.2 Å². The van der Waals surface area contributed by atoms with Gasteiger partial charge in [-0.15, -0.1) is 0 Å². The predicted molar refractivity (Wildman–Crippen MR) is 184 cm³/mol. The van der Waals surface area contributed by atoms with Crippen LogP contribution in [0.15, 0.2) is 158 Å². The molecular formula is C42H26. The van der Waals surface area contributed by atoms with Crippen molar-refractivity contribution in [3.05, 3.63) is 158 Å². The first-order valence-electron chi connectivity index (χ1n) is 14.6. The van der Waals surface area contributed by atoms with Crippen molar-refractivity contribution in [1.82, 2.24) is 0 Å². The molecule has 0 saturated heterocycles. The molecule has 0 unspecified atom stereocenters. The van der Waals surface area contributed by atoms with Crippen molar-refractivity contribution in [3.63, 3.8) is 0 Å². The van der Waals surface area contributed by atoms with Gasteiger partial charge in [-0.25, -0.2) is 0 Å². The minimum absolute atomic E-state index is 1.19. The first-order chi connectivity index (χ1) is 20.8. The molecule has 0 fully saturated rings. The zero-order chi connectivity index (χ0) is 27.6. The van der Waals surface area contributed by atoms with Gasteiger partial charge in [-0.2, -0.15) is 0 Å². The molecule has 11 aromatic carbocycles. The van der Waals surface area contributed by atoms with E-state index in [4.69, 9.17) is 0 Å². The molecule has 12 bridgehead atoms. The summed E-state index contributed by atoms with van der Waals surface area (Å²) in [5, 5.41) is 20.2. The largest absolute Gasteiger partial charge is 0.0544 e. The SMILES string of the molecule is c1cc2ccc3ccc4ccc5c(ccc6ccc7ccc(ccc8ccc(cc8)c8ccc1cc8)cc7c65)c4c3c2. The molecule has 11 aromatic rings. The maximum Gasteiger partial charge on any atom is -0.00264 e. The van der Waals surface area contributed by atoms with E-state index < -0.39 is 0 Å². The van der Waals surface area contributed by atoms with Crippen LogP contribution in [-0.2, 0) is 0 Å². The molecule has 0 spiro atoms. The van der Waals surface area contributed by atoms with Gasteiger partial charge in [0.05, 0.1) is 0 Å². The van der Waals surface area contributed by atoms with E-state index in [2.05, 4.69) is 158 Å². The molecule has 0 aromatic heterocycles. The fraction of sp³-hybridized carbons (Fsp3) is 0. The maximum absolute atomic E-state index is 2.35. The Kier molecular flexibility index (Phi) is 5.00. The second-order valence-electron chi connectivity index (χ2n) is 11.4. The monoisotopic (exact) mass is 530 g/mol. The fourth-order valence-electron chi connectivity index (χ4n) is 6.71. The summed E-state index contributed by atoms with van der Waals surface area (Å²) in [5.74, 6) is 0. The van der Waals surface area contributed by atoms with Crippen molar-refractivity contribution < 1.29 is 0 Å². The average Bonchev–Trinajstić information content (AvgIpc) is 3.05. The van der Waals surface area contributed by atoms with Crippen LogP contribution >= 0.6 is 0 Å². The van der Waals surface area contributed by atoms with E-state index in [1.54, 1.807) is 0 Å². The summed E-state index contributed by atoms with van der Waals surface area (Å²) in [4.78, 5) is 0. The fourth-order valence-corrected chi connectivity index (χ4v) is 6.71. The molecule has 0 aliphatic heterocycles. The normalized spacial score (nSPS) is 11.8. The third-order valence-corrected chi connectivity index (χ3v) is 8.93. The van der Waals surface area contributed by atoms with Gasteiger partial charge in [0, 0.05) is 0 Å². The van der Waals surface area contributed by atoms with Crippen molar-refractivity contribution in [3.8, 4) is 0 Å². The molecule has 0 nitrogen and oxygen atoms in total. The Bertz CT molecular complexity index is 2400. The van der Waals surface area contributed by atoms with Crippen molar-refractivity contribution in [2.45, 2.75) is 0 Å². The van der Waals surface area contributed by atoms with Crippen molar-refractivity contribution in [2.75, 3.05) is 0 Å². The third-order valence-electron chi connectivity index (χ3n) is 8.93. The highest BCUT2D eigenvalue weighted by molar-refractivity contribution is 6.29. The van der Waals surface area contributed by atoms with Crippen LogP contribution in [0, 0.1) is 0 Å². The van der Waals surface area contributed by atoms with Gasteiger partial charge in [0.15, 0.2) is 0 Å². The molecule has 194 valence electrons. The Balaban J connectivity index is 1.48. The zero-order valence-corrected chi connectivity index (χ0v) is 23.0. The zero-order valence-electron chi connectivity index (χ0n) is 23.0. The smallest absolute Gasteiger partial charge is 0.00264 e. The van der Waals surface area contributed by atoms with Gasteiger partial charge in [-0.1, -0.05) is 146 Å². The minimum atomic E-state index is 1.19. The van der Waals surface area contributed by atoms with E-state index in [0.29, 0.717) is 0 Å². The van der Waals surface area contributed by atoms with Crippen LogP contribution in [-0.4, -0.2) is 0 Å². The van der Waals surface area contributed by atoms with Gasteiger partial charge in [0.2, 0.25) is 0 Å². The standard InChI is InChI=1S/C42H26/c1-3-29-9-15-33-17-19-35-21-24-38-37(41(35)39(33)25-29)23-22-36-20-18-34-16-10-30(26-40(34)42(36)38)4-2-28-7-13-32(14-8-28)31-11-5-27(1)6-12-31/h1-26H. The van der Waals surface area contributed by atoms with Crippen LogP contribution in [0.5, 0.6) is 0 Å². The van der Waals surface area contributed by atoms with Crippen molar-refractivity contribution in [1.29, 1.82) is 0 Å². The second-order valence-corrected chi connectivity index (χ2v) is 11.4. The first kappa shape index (κ1) is 23.3. The van der Waals surface area contributed by atoms with Crippen molar-refractivity contribution >= 4 is 86.2 Å². The Labute approximate surface area is 243 Å². The summed E-state index contributed by atoms with van der Waals surface area (Å²) in [7, 11) is 0. The summed E-state index contributed by atoms with van der Waals surface area (Å²) in [6, 6.07) is 58.5. The van der Waals surface area contributed by atoms with Crippen LogP contribution in [0.25, 0.3) is 86.2 Å². The molecule has 0 aliphatic carbocycles. The number of fused-ring (bicyclic) bond motifs is 2. The molecule has 0 saturated carbocycles. The Morgan fingerprint density at radius 3 is 0.929 bits per heavy atom. The molecule has 0 atom stereocenters. The van der Waals surface area contributed by atoms with Crippen molar-refractivity contribution in [2.24, 2.45) is 0 Å². The summed E-state index contributed by atoms with van der Waals surface area (Å²) in [6.45, 7) is 0. The van der Waals surface area contributed by atoms with Gasteiger partial charge in [0.25, 0.3) is 0 Å². The molecule has 0 aliphatic rings. The van der Waals surface area contributed by atoms with Gasteiger partial charge in [0.1, 0.15) is 0 Å². The molecule has 0 N–H and O–H groups in total. The highest BCUT2D eigenvalue weighted by Crippen LogP contribution is 2.38. The highest BCUT2D eigenvalue weighted by atomic mass is 14.1. The molecule has 0 heteroatoms. The summed E-state index contributed by atoms with van der Waals surface area (Å²) in [6.07, 6.45) is 0. The van der Waals surface area contributed by atoms with Gasteiger partial charge < -0.3 is 0 Å².